The minimum absolute atomic E-state index is 0.445. The first-order valence-corrected chi connectivity index (χ1v) is 11.5. The summed E-state index contributed by atoms with van der Waals surface area (Å²) in [5.74, 6) is 1.35. The molecule has 0 radical (unpaired) electrons. The van der Waals surface area contributed by atoms with Crippen molar-refractivity contribution in [1.29, 1.82) is 5.26 Å². The summed E-state index contributed by atoms with van der Waals surface area (Å²) in [7, 11) is 0. The number of carbonyl (C=O) groups excluding carboxylic acids is 1. The lowest BCUT2D eigenvalue weighted by molar-refractivity contribution is -0.104. The minimum atomic E-state index is 0.445. The number of hydrogen-bond acceptors (Lipinski definition) is 6. The third-order valence-electron chi connectivity index (χ3n) is 5.61. The van der Waals surface area contributed by atoms with Gasteiger partial charge in [0.05, 0.1) is 19.3 Å². The number of benzene rings is 2. The lowest BCUT2D eigenvalue weighted by Crippen LogP contribution is -2.11. The Morgan fingerprint density at radius 3 is 2.62 bits per heavy atom. The van der Waals surface area contributed by atoms with Crippen molar-refractivity contribution in [2.24, 2.45) is 0 Å². The SMILES string of the molecule is N#CCCCOC1=CCCC(/C=C/C=O)=C1OCCc1ccccc1Cc1ccc(N)cc1N. The lowest BCUT2D eigenvalue weighted by Gasteiger charge is -2.21. The van der Waals surface area contributed by atoms with Crippen LogP contribution in [0.3, 0.4) is 0 Å². The Morgan fingerprint density at radius 2 is 1.85 bits per heavy atom. The Balaban J connectivity index is 1.71. The van der Waals surface area contributed by atoms with Crippen LogP contribution in [-0.2, 0) is 27.1 Å². The van der Waals surface area contributed by atoms with Gasteiger partial charge < -0.3 is 20.9 Å². The molecular formula is C28H31N3O3. The van der Waals surface area contributed by atoms with Crippen LogP contribution in [0.5, 0.6) is 0 Å². The van der Waals surface area contributed by atoms with Crippen LogP contribution in [-0.4, -0.2) is 19.5 Å². The van der Waals surface area contributed by atoms with Crippen molar-refractivity contribution in [2.45, 2.75) is 38.5 Å². The van der Waals surface area contributed by atoms with E-state index in [4.69, 9.17) is 26.2 Å². The van der Waals surface area contributed by atoms with E-state index in [9.17, 15) is 4.79 Å². The molecule has 6 nitrogen and oxygen atoms in total. The van der Waals surface area contributed by atoms with Crippen molar-refractivity contribution in [3.05, 3.63) is 94.5 Å². The van der Waals surface area contributed by atoms with Gasteiger partial charge in [0.2, 0.25) is 0 Å². The lowest BCUT2D eigenvalue weighted by atomic mass is 9.97. The van der Waals surface area contributed by atoms with Crippen LogP contribution in [0.15, 0.2) is 77.8 Å². The Labute approximate surface area is 201 Å². The molecule has 0 bridgehead atoms. The average molecular weight is 458 g/mol. The predicted molar refractivity (Wildman–Crippen MR) is 135 cm³/mol. The zero-order valence-electron chi connectivity index (χ0n) is 19.3. The summed E-state index contributed by atoms with van der Waals surface area (Å²) < 4.78 is 12.1. The smallest absolute Gasteiger partial charge is 0.164 e. The van der Waals surface area contributed by atoms with E-state index in [-0.39, 0.29) is 0 Å². The van der Waals surface area contributed by atoms with Crippen molar-refractivity contribution < 1.29 is 14.3 Å². The fourth-order valence-corrected chi connectivity index (χ4v) is 3.88. The van der Waals surface area contributed by atoms with Crippen LogP contribution in [0.1, 0.15) is 42.4 Å². The van der Waals surface area contributed by atoms with Gasteiger partial charge in [0, 0.05) is 24.2 Å². The van der Waals surface area contributed by atoms with Gasteiger partial charge in [-0.1, -0.05) is 36.4 Å². The summed E-state index contributed by atoms with van der Waals surface area (Å²) in [5.41, 5.74) is 17.7. The Hall–Kier alpha value is -3.98. The van der Waals surface area contributed by atoms with Crippen molar-refractivity contribution in [3.8, 4) is 6.07 Å². The molecule has 3 rings (SSSR count). The molecule has 0 aromatic heterocycles. The maximum Gasteiger partial charge on any atom is 0.164 e. The van der Waals surface area contributed by atoms with Gasteiger partial charge in [-0.15, -0.1) is 0 Å². The maximum absolute atomic E-state index is 10.9. The molecule has 34 heavy (non-hydrogen) atoms. The highest BCUT2D eigenvalue weighted by molar-refractivity contribution is 5.66. The molecule has 0 saturated carbocycles. The van der Waals surface area contributed by atoms with Gasteiger partial charge in [0.25, 0.3) is 0 Å². The number of allylic oxidation sites excluding steroid dienone is 4. The van der Waals surface area contributed by atoms with Crippen molar-refractivity contribution in [2.75, 3.05) is 24.7 Å². The van der Waals surface area contributed by atoms with Gasteiger partial charge in [-0.25, -0.2) is 0 Å². The van der Waals surface area contributed by atoms with E-state index in [1.165, 1.54) is 17.2 Å². The van der Waals surface area contributed by atoms with Crippen LogP contribution in [0.4, 0.5) is 11.4 Å². The maximum atomic E-state index is 10.9. The molecular weight excluding hydrogens is 426 g/mol. The average Bonchev–Trinajstić information content (AvgIpc) is 2.84. The standard InChI is InChI=1S/C28H31N3O3/c29-15-3-4-17-33-27-11-5-9-22(10-6-16-32)28(27)34-18-14-21-7-1-2-8-23(21)19-24-12-13-25(30)20-26(24)31/h1-2,6-8,10-13,16,20H,3-5,9,14,17-19,30-31H2/b10-6+. The molecule has 1 aliphatic carbocycles. The number of nitrogens with zero attached hydrogens (tertiary/aromatic N) is 1. The summed E-state index contributed by atoms with van der Waals surface area (Å²) in [6.45, 7) is 0.906. The number of hydrogen-bond donors (Lipinski definition) is 2. The van der Waals surface area contributed by atoms with Gasteiger partial charge in [-0.3, -0.25) is 4.79 Å². The van der Waals surface area contributed by atoms with Gasteiger partial charge >= 0.3 is 0 Å². The molecule has 0 saturated heterocycles. The van der Waals surface area contributed by atoms with E-state index in [0.29, 0.717) is 61.8 Å². The number of rotatable bonds is 12. The number of carbonyl (C=O) groups is 1. The van der Waals surface area contributed by atoms with E-state index < -0.39 is 0 Å². The highest BCUT2D eigenvalue weighted by Crippen LogP contribution is 2.29. The summed E-state index contributed by atoms with van der Waals surface area (Å²) in [6, 6.07) is 16.0. The summed E-state index contributed by atoms with van der Waals surface area (Å²) in [5, 5.41) is 8.75. The van der Waals surface area contributed by atoms with E-state index in [1.54, 1.807) is 12.1 Å². The number of anilines is 2. The van der Waals surface area contributed by atoms with Crippen molar-refractivity contribution in [3.63, 3.8) is 0 Å². The topological polar surface area (TPSA) is 111 Å². The molecule has 0 unspecified atom stereocenters. The van der Waals surface area contributed by atoms with Gasteiger partial charge in [0.15, 0.2) is 11.5 Å². The van der Waals surface area contributed by atoms with Gasteiger partial charge in [0.1, 0.15) is 6.29 Å². The summed E-state index contributed by atoms with van der Waals surface area (Å²) >= 11 is 0. The van der Waals surface area contributed by atoms with E-state index in [1.807, 2.05) is 30.3 Å². The first-order chi connectivity index (χ1) is 16.6. The normalized spacial score (nSPS) is 13.4. The van der Waals surface area contributed by atoms with E-state index in [2.05, 4.69) is 18.2 Å². The van der Waals surface area contributed by atoms with Crippen LogP contribution < -0.4 is 11.5 Å². The monoisotopic (exact) mass is 457 g/mol. The third-order valence-corrected chi connectivity index (χ3v) is 5.61. The second-order valence-corrected chi connectivity index (χ2v) is 8.07. The number of nitrogens with two attached hydrogens (primary N) is 2. The van der Waals surface area contributed by atoms with Crippen molar-refractivity contribution in [1.82, 2.24) is 0 Å². The van der Waals surface area contributed by atoms with Crippen LogP contribution in [0.2, 0.25) is 0 Å². The largest absolute Gasteiger partial charge is 0.490 e. The molecule has 0 heterocycles. The Morgan fingerprint density at radius 1 is 1.03 bits per heavy atom. The molecule has 0 fully saturated rings. The molecule has 0 atom stereocenters. The summed E-state index contributed by atoms with van der Waals surface area (Å²) in [4.78, 5) is 10.9. The molecule has 0 spiro atoms. The molecule has 176 valence electrons. The minimum Gasteiger partial charge on any atom is -0.490 e. The Bertz CT molecular complexity index is 1130. The first-order valence-electron chi connectivity index (χ1n) is 11.5. The first kappa shape index (κ1) is 24.7. The quantitative estimate of drug-likeness (QED) is 0.201. The third kappa shape index (κ3) is 7.01. The zero-order chi connectivity index (χ0) is 24.2. The number of nitriles is 1. The van der Waals surface area contributed by atoms with E-state index in [0.717, 1.165) is 30.3 Å². The molecule has 6 heteroatoms. The number of nitrogen functional groups attached to an aromatic ring is 2. The van der Waals surface area contributed by atoms with Crippen molar-refractivity contribution >= 4 is 17.7 Å². The van der Waals surface area contributed by atoms with Crippen LogP contribution >= 0.6 is 0 Å². The van der Waals surface area contributed by atoms with Gasteiger partial charge in [-0.05, 0) is 72.2 Å². The molecule has 0 aliphatic heterocycles. The molecule has 2 aromatic carbocycles. The van der Waals surface area contributed by atoms with E-state index >= 15 is 0 Å². The zero-order valence-corrected chi connectivity index (χ0v) is 19.3. The second-order valence-electron chi connectivity index (χ2n) is 8.07. The molecule has 1 aliphatic rings. The number of ether oxygens (including phenoxy) is 2. The Kier molecular flexibility index (Phi) is 9.36. The predicted octanol–water partition coefficient (Wildman–Crippen LogP) is 5.01. The van der Waals surface area contributed by atoms with Gasteiger partial charge in [-0.2, -0.15) is 5.26 Å². The second kappa shape index (κ2) is 12.9. The fraction of sp³-hybridized carbons (Fsp3) is 0.286. The van der Waals surface area contributed by atoms with Crippen LogP contribution in [0.25, 0.3) is 0 Å². The van der Waals surface area contributed by atoms with Crippen LogP contribution in [0, 0.1) is 11.3 Å². The number of unbranched alkanes of at least 4 members (excludes halogenated alkanes) is 1. The molecule has 4 N–H and O–H groups in total. The highest BCUT2D eigenvalue weighted by Gasteiger charge is 2.18. The summed E-state index contributed by atoms with van der Waals surface area (Å²) in [6.07, 6.45) is 10.1. The fourth-order valence-electron chi connectivity index (χ4n) is 3.88. The molecule has 0 amide bonds. The highest BCUT2D eigenvalue weighted by atomic mass is 16.5. The molecule has 2 aromatic rings. The number of aldehydes is 1.